The summed E-state index contributed by atoms with van der Waals surface area (Å²) in [7, 11) is 0. The molecule has 0 bridgehead atoms. The first kappa shape index (κ1) is 11.9. The maximum atomic E-state index is 9.10. The van der Waals surface area contributed by atoms with Gasteiger partial charge in [-0.15, -0.1) is 0 Å². The molecule has 2 heterocycles. The van der Waals surface area contributed by atoms with E-state index in [0.29, 0.717) is 5.69 Å². The molecule has 0 spiro atoms. The Morgan fingerprint density at radius 2 is 1.82 bits per heavy atom. The number of nitrogens with zero attached hydrogens (tertiary/aromatic N) is 2. The summed E-state index contributed by atoms with van der Waals surface area (Å²) in [6.45, 7) is -0.0739. The molecule has 0 atom stereocenters. The molecule has 2 aromatic heterocycles. The first-order valence-electron chi connectivity index (χ1n) is 5.13. The molecule has 0 amide bonds. The highest BCUT2D eigenvalue weighted by Gasteiger charge is 2.09. The largest absolute Gasteiger partial charge is 0.426 e. The molecule has 0 aromatic carbocycles. The van der Waals surface area contributed by atoms with E-state index in [2.05, 4.69) is 4.98 Å². The van der Waals surface area contributed by atoms with Gasteiger partial charge in [-0.2, -0.15) is 0 Å². The number of rotatable bonds is 3. The molecular weight excluding hydrogens is 236 g/mol. The van der Waals surface area contributed by atoms with Crippen LogP contribution in [-0.2, 0) is 26.0 Å². The number of aromatic nitrogens is 2. The molecule has 0 aliphatic heterocycles. The Hall–Kier alpha value is -1.56. The molecule has 5 heteroatoms. The molecule has 2 N–H and O–H groups in total. The van der Waals surface area contributed by atoms with Crippen LogP contribution < -0.4 is 3.97 Å². The maximum absolute atomic E-state index is 9.10. The lowest BCUT2D eigenvalue weighted by atomic mass is 10.1. The fourth-order valence-corrected chi connectivity index (χ4v) is 1.74. The van der Waals surface area contributed by atoms with Crippen molar-refractivity contribution in [2.24, 2.45) is 0 Å². The first-order chi connectivity index (χ1) is 8.24. The van der Waals surface area contributed by atoms with Crippen molar-refractivity contribution in [1.29, 1.82) is 0 Å². The molecule has 0 radical (unpaired) electrons. The summed E-state index contributed by atoms with van der Waals surface area (Å²) in [6.07, 6.45) is 3.32. The van der Waals surface area contributed by atoms with Crippen molar-refractivity contribution in [2.75, 3.05) is 0 Å². The Morgan fingerprint density at radius 1 is 1.12 bits per heavy atom. The van der Waals surface area contributed by atoms with Crippen molar-refractivity contribution in [2.45, 2.75) is 13.2 Å². The molecule has 0 saturated heterocycles. The normalized spacial score (nSPS) is 10.5. The van der Waals surface area contributed by atoms with Gasteiger partial charge in [0, 0.05) is 18.3 Å². The van der Waals surface area contributed by atoms with E-state index in [1.165, 1.54) is 3.97 Å². The quantitative estimate of drug-likeness (QED) is 0.607. The zero-order valence-corrected chi connectivity index (χ0v) is 9.89. The minimum absolute atomic E-state index is 0.0351. The number of hydrogen-bond donors (Lipinski definition) is 2. The lowest BCUT2D eigenvalue weighted by Gasteiger charge is -2.07. The van der Waals surface area contributed by atoms with E-state index >= 15 is 0 Å². The Balaban J connectivity index is 2.50. The topological polar surface area (TPSA) is 57.2 Å². The molecule has 2 rings (SSSR count). The van der Waals surface area contributed by atoms with Crippen LogP contribution in [0, 0.1) is 0 Å². The van der Waals surface area contributed by atoms with Gasteiger partial charge in [-0.05, 0) is 23.3 Å². The zero-order valence-electron chi connectivity index (χ0n) is 9.08. The number of aliphatic hydroxyl groups is 2. The lowest BCUT2D eigenvalue weighted by Crippen LogP contribution is -2.29. The second-order valence-electron chi connectivity index (χ2n) is 3.61. The molecule has 2 aromatic rings. The lowest BCUT2D eigenvalue weighted by molar-refractivity contribution is -0.480. The fraction of sp³-hybridized carbons (Fsp3) is 0.167. The van der Waals surface area contributed by atoms with Gasteiger partial charge in [0.2, 0.25) is 5.69 Å². The summed E-state index contributed by atoms with van der Waals surface area (Å²) < 4.78 is 1.52. The molecule has 0 saturated carbocycles. The van der Waals surface area contributed by atoms with Crippen molar-refractivity contribution >= 4 is 12.8 Å². The van der Waals surface area contributed by atoms with Crippen molar-refractivity contribution in [3.63, 3.8) is 0 Å². The molecular formula is C12H12N2O2S. The molecule has 0 fully saturated rings. The van der Waals surface area contributed by atoms with Gasteiger partial charge in [-0.25, -0.2) is 4.98 Å². The molecule has 88 valence electrons. The summed E-state index contributed by atoms with van der Waals surface area (Å²) in [5, 5.41) is 18.2. The van der Waals surface area contributed by atoms with Gasteiger partial charge >= 0.3 is 0 Å². The predicted molar refractivity (Wildman–Crippen MR) is 64.5 cm³/mol. The minimum Gasteiger partial charge on any atom is -0.426 e. The van der Waals surface area contributed by atoms with Crippen LogP contribution in [0.2, 0.25) is 0 Å². The molecule has 0 aliphatic carbocycles. The number of aliphatic hydroxyl groups excluding tert-OH is 2. The summed E-state index contributed by atoms with van der Waals surface area (Å²) in [4.78, 5) is 4.21. The summed E-state index contributed by atoms with van der Waals surface area (Å²) in [6, 6.07) is 7.06. The van der Waals surface area contributed by atoms with Crippen molar-refractivity contribution in [3.05, 3.63) is 47.8 Å². The van der Waals surface area contributed by atoms with Gasteiger partial charge in [0.1, 0.15) is 5.69 Å². The van der Waals surface area contributed by atoms with Gasteiger partial charge in [0.15, 0.2) is 6.20 Å². The van der Waals surface area contributed by atoms with Crippen molar-refractivity contribution < 1.29 is 14.2 Å². The standard InChI is InChI=1S/C12H12N2O2S/c15-7-9-1-3-13-11(5-9)12-6-10(8-16)2-4-14(12)17/h1-6,15-16H,7-8H2. The van der Waals surface area contributed by atoms with E-state index < -0.39 is 0 Å². The van der Waals surface area contributed by atoms with E-state index in [1.54, 1.807) is 36.7 Å². The monoisotopic (exact) mass is 248 g/mol. The Bertz CT molecular complexity index is 532. The van der Waals surface area contributed by atoms with Crippen molar-refractivity contribution in [3.8, 4) is 11.4 Å². The highest BCUT2D eigenvalue weighted by Crippen LogP contribution is 2.15. The van der Waals surface area contributed by atoms with Crippen LogP contribution in [0.25, 0.3) is 11.4 Å². The van der Waals surface area contributed by atoms with Crippen LogP contribution in [0.4, 0.5) is 0 Å². The van der Waals surface area contributed by atoms with E-state index in [4.69, 9.17) is 23.0 Å². The average Bonchev–Trinajstić information content (AvgIpc) is 2.39. The zero-order chi connectivity index (χ0) is 12.3. The summed E-state index contributed by atoms with van der Waals surface area (Å²) >= 11 is 5.15. The molecule has 17 heavy (non-hydrogen) atoms. The van der Waals surface area contributed by atoms with E-state index in [9.17, 15) is 0 Å². The third kappa shape index (κ3) is 2.58. The fourth-order valence-electron chi connectivity index (χ4n) is 1.53. The summed E-state index contributed by atoms with van der Waals surface area (Å²) in [5.74, 6) is 0. The van der Waals surface area contributed by atoms with Crippen molar-refractivity contribution in [1.82, 2.24) is 4.98 Å². The number of pyridine rings is 2. The Morgan fingerprint density at radius 3 is 2.53 bits per heavy atom. The maximum Gasteiger partial charge on any atom is 0.216 e. The minimum atomic E-state index is -0.0388. The van der Waals surface area contributed by atoms with Gasteiger partial charge in [0.05, 0.1) is 13.2 Å². The number of hydrogen-bond acceptors (Lipinski definition) is 4. The highest BCUT2D eigenvalue weighted by atomic mass is 32.1. The van der Waals surface area contributed by atoms with Gasteiger partial charge < -0.3 is 23.0 Å². The molecule has 4 nitrogen and oxygen atoms in total. The van der Waals surface area contributed by atoms with Crippen LogP contribution in [0.5, 0.6) is 0 Å². The van der Waals surface area contributed by atoms with E-state index in [0.717, 1.165) is 16.8 Å². The first-order valence-corrected chi connectivity index (χ1v) is 5.50. The predicted octanol–water partition coefficient (Wildman–Crippen LogP) is 0.331. The smallest absolute Gasteiger partial charge is 0.216 e. The second-order valence-corrected chi connectivity index (χ2v) is 4.00. The van der Waals surface area contributed by atoms with Gasteiger partial charge in [0.25, 0.3) is 0 Å². The van der Waals surface area contributed by atoms with E-state index in [1.807, 2.05) is 0 Å². The van der Waals surface area contributed by atoms with Crippen LogP contribution in [0.3, 0.4) is 0 Å². The van der Waals surface area contributed by atoms with Gasteiger partial charge in [-0.1, -0.05) is 0 Å². The van der Waals surface area contributed by atoms with Crippen LogP contribution in [0.1, 0.15) is 11.1 Å². The van der Waals surface area contributed by atoms with E-state index in [-0.39, 0.29) is 13.2 Å². The Kier molecular flexibility index (Phi) is 3.63. The molecule has 0 aliphatic rings. The highest BCUT2D eigenvalue weighted by molar-refractivity contribution is 7.51. The third-order valence-corrected chi connectivity index (χ3v) is 2.75. The summed E-state index contributed by atoms with van der Waals surface area (Å²) in [5.41, 5.74) is 2.96. The average molecular weight is 248 g/mol. The van der Waals surface area contributed by atoms with Crippen LogP contribution >= 0.6 is 0 Å². The van der Waals surface area contributed by atoms with Crippen LogP contribution in [-0.4, -0.2) is 15.2 Å². The Labute approximate surface area is 105 Å². The SMILES string of the molecule is OCc1ccnc(-c2cc(CO)cc[n+]2[S-])c1. The second kappa shape index (κ2) is 5.18. The third-order valence-electron chi connectivity index (χ3n) is 2.44. The molecule has 0 unspecified atom stereocenters. The van der Waals surface area contributed by atoms with Gasteiger partial charge in [-0.3, -0.25) is 3.97 Å². The van der Waals surface area contributed by atoms with Crippen LogP contribution in [0.15, 0.2) is 36.7 Å².